The molecule has 252 valence electrons. The predicted molar refractivity (Wildman–Crippen MR) is 183 cm³/mol. The third-order valence-electron chi connectivity index (χ3n) is 9.14. The van der Waals surface area contributed by atoms with Gasteiger partial charge in [0.1, 0.15) is 11.6 Å². The molecule has 0 spiro atoms. The fraction of sp³-hybridized carbons (Fsp3) is 0.405. The van der Waals surface area contributed by atoms with Crippen LogP contribution in [0.25, 0.3) is 0 Å². The molecule has 1 saturated heterocycles. The van der Waals surface area contributed by atoms with Crippen LogP contribution < -0.4 is 16.0 Å². The SMILES string of the molecule is Cc1cc2c(cc1NC(=O)OC(C)(C)C)CN(Cc1ccccc1)C(=O)[C@H](NC(=O)N1CCC(N3Cc4ccccc4NC3=O)CC1)C2. The molecule has 0 saturated carbocycles. The van der Waals surface area contributed by atoms with Gasteiger partial charge in [-0.1, -0.05) is 54.6 Å². The van der Waals surface area contributed by atoms with Gasteiger partial charge in [-0.25, -0.2) is 14.4 Å². The summed E-state index contributed by atoms with van der Waals surface area (Å²) in [5.41, 5.74) is 5.54. The smallest absolute Gasteiger partial charge is 0.412 e. The van der Waals surface area contributed by atoms with Crippen molar-refractivity contribution in [3.63, 3.8) is 0 Å². The number of rotatable bonds is 5. The van der Waals surface area contributed by atoms with E-state index in [9.17, 15) is 19.2 Å². The number of nitrogens with one attached hydrogen (secondary N) is 3. The lowest BCUT2D eigenvalue weighted by Gasteiger charge is -2.40. The van der Waals surface area contributed by atoms with Crippen LogP contribution in [0.3, 0.4) is 0 Å². The van der Waals surface area contributed by atoms with Crippen LogP contribution in [-0.2, 0) is 35.6 Å². The van der Waals surface area contributed by atoms with Crippen LogP contribution in [0.2, 0.25) is 0 Å². The molecule has 48 heavy (non-hydrogen) atoms. The van der Waals surface area contributed by atoms with Crippen LogP contribution in [0.1, 0.15) is 61.4 Å². The minimum Gasteiger partial charge on any atom is -0.444 e. The normalized spacial score (nSPS) is 18.3. The number of nitrogens with zero attached hydrogens (tertiary/aromatic N) is 3. The number of hydrogen-bond acceptors (Lipinski definition) is 5. The number of fused-ring (bicyclic) bond motifs is 2. The van der Waals surface area contributed by atoms with E-state index < -0.39 is 17.7 Å². The molecule has 0 radical (unpaired) electrons. The molecule has 0 bridgehead atoms. The van der Waals surface area contributed by atoms with Crippen molar-refractivity contribution in [3.8, 4) is 0 Å². The van der Waals surface area contributed by atoms with E-state index in [1.807, 2.05) is 99.3 Å². The number of benzene rings is 3. The number of ether oxygens (including phenoxy) is 1. The molecule has 11 nitrogen and oxygen atoms in total. The second kappa shape index (κ2) is 13.6. The zero-order valence-corrected chi connectivity index (χ0v) is 28.0. The Morgan fingerprint density at radius 2 is 1.62 bits per heavy atom. The van der Waals surface area contributed by atoms with E-state index in [0.717, 1.165) is 33.5 Å². The van der Waals surface area contributed by atoms with Crippen molar-refractivity contribution in [3.05, 3.63) is 94.5 Å². The largest absolute Gasteiger partial charge is 0.444 e. The number of aryl methyl sites for hydroxylation is 1. The van der Waals surface area contributed by atoms with Gasteiger partial charge in [-0.15, -0.1) is 0 Å². The average Bonchev–Trinajstić information content (AvgIpc) is 3.16. The predicted octanol–water partition coefficient (Wildman–Crippen LogP) is 6.02. The van der Waals surface area contributed by atoms with Crippen molar-refractivity contribution in [1.29, 1.82) is 0 Å². The lowest BCUT2D eigenvalue weighted by atomic mass is 9.98. The molecule has 0 unspecified atom stereocenters. The van der Waals surface area contributed by atoms with Crippen LogP contribution in [0, 0.1) is 6.92 Å². The molecule has 1 atom stereocenters. The van der Waals surface area contributed by atoms with E-state index in [2.05, 4.69) is 16.0 Å². The molecule has 3 aliphatic heterocycles. The number of piperidine rings is 1. The molecule has 3 heterocycles. The lowest BCUT2D eigenvalue weighted by molar-refractivity contribution is -0.134. The van der Waals surface area contributed by atoms with Crippen molar-refractivity contribution in [2.75, 3.05) is 23.7 Å². The Hall–Kier alpha value is -5.06. The molecule has 0 aliphatic carbocycles. The van der Waals surface area contributed by atoms with E-state index in [0.29, 0.717) is 57.7 Å². The Balaban J connectivity index is 1.16. The van der Waals surface area contributed by atoms with Crippen LogP contribution >= 0.6 is 0 Å². The van der Waals surface area contributed by atoms with Crippen molar-refractivity contribution >= 4 is 35.4 Å². The molecule has 3 N–H and O–H groups in total. The highest BCUT2D eigenvalue weighted by atomic mass is 16.6. The van der Waals surface area contributed by atoms with Crippen LogP contribution in [-0.4, -0.2) is 69.5 Å². The Kier molecular flexibility index (Phi) is 9.30. The highest BCUT2D eigenvalue weighted by Gasteiger charge is 2.36. The fourth-order valence-corrected chi connectivity index (χ4v) is 6.70. The van der Waals surface area contributed by atoms with Crippen LogP contribution in [0.5, 0.6) is 0 Å². The zero-order valence-electron chi connectivity index (χ0n) is 28.0. The van der Waals surface area contributed by atoms with E-state index in [1.165, 1.54) is 0 Å². The Labute approximate surface area is 281 Å². The summed E-state index contributed by atoms with van der Waals surface area (Å²) in [4.78, 5) is 58.6. The third kappa shape index (κ3) is 7.56. The van der Waals surface area contributed by atoms with Gasteiger partial charge in [0.25, 0.3) is 0 Å². The molecule has 6 rings (SSSR count). The Morgan fingerprint density at radius 1 is 0.917 bits per heavy atom. The minimum absolute atomic E-state index is 0.0154. The summed E-state index contributed by atoms with van der Waals surface area (Å²) in [6.07, 6.45) is 1.08. The first-order valence-electron chi connectivity index (χ1n) is 16.6. The maximum Gasteiger partial charge on any atom is 0.412 e. The van der Waals surface area contributed by atoms with Crippen molar-refractivity contribution < 1.29 is 23.9 Å². The van der Waals surface area contributed by atoms with Crippen LogP contribution in [0.15, 0.2) is 66.7 Å². The Bertz CT molecular complexity index is 1700. The monoisotopic (exact) mass is 652 g/mol. The number of hydrogen-bond donors (Lipinski definition) is 3. The third-order valence-corrected chi connectivity index (χ3v) is 9.14. The summed E-state index contributed by atoms with van der Waals surface area (Å²) in [6.45, 7) is 9.54. The van der Waals surface area contributed by atoms with Gasteiger partial charge in [-0.2, -0.15) is 0 Å². The van der Waals surface area contributed by atoms with Crippen LogP contribution in [0.4, 0.5) is 25.8 Å². The molecule has 11 heteroatoms. The first-order chi connectivity index (χ1) is 22.9. The molecule has 6 amide bonds. The average molecular weight is 653 g/mol. The summed E-state index contributed by atoms with van der Waals surface area (Å²) in [6, 6.07) is 20.3. The van der Waals surface area contributed by atoms with E-state index in [4.69, 9.17) is 4.74 Å². The number of carbonyl (C=O) groups excluding carboxylic acids is 4. The van der Waals surface area contributed by atoms with E-state index >= 15 is 0 Å². The lowest BCUT2D eigenvalue weighted by Crippen LogP contribution is -2.55. The van der Waals surface area contributed by atoms with Gasteiger partial charge >= 0.3 is 18.2 Å². The standard InChI is InChI=1S/C37H44N6O5/c1-24-18-27-19-32(39-34(45)41-16-14-29(15-17-41)43-23-26-12-8-9-13-30(26)38-35(43)46)33(44)42(21-25-10-6-5-7-11-25)22-28(27)20-31(24)40-36(47)48-37(2,3)4/h5-13,18,20,29,32H,14-17,19,21-23H2,1-4H3,(H,38,46)(H,39,45)(H,40,47)/t32-/m1/s1. The maximum absolute atomic E-state index is 14.1. The number of likely N-dealkylation sites (tertiary alicyclic amines) is 1. The van der Waals surface area contributed by atoms with Crippen molar-refractivity contribution in [1.82, 2.24) is 20.0 Å². The molecular formula is C37H44N6O5. The van der Waals surface area contributed by atoms with Gasteiger partial charge in [0.15, 0.2) is 0 Å². The second-order valence-corrected chi connectivity index (χ2v) is 13.9. The minimum atomic E-state index is -0.770. The summed E-state index contributed by atoms with van der Waals surface area (Å²) in [5, 5.41) is 8.91. The van der Waals surface area contributed by atoms with Gasteiger partial charge in [-0.3, -0.25) is 10.1 Å². The number of carbonyl (C=O) groups is 4. The van der Waals surface area contributed by atoms with Gasteiger partial charge in [-0.05, 0) is 80.5 Å². The maximum atomic E-state index is 14.1. The van der Waals surface area contributed by atoms with Gasteiger partial charge in [0, 0.05) is 56.6 Å². The quantitative estimate of drug-likeness (QED) is 0.311. The van der Waals surface area contributed by atoms with Gasteiger partial charge in [0.2, 0.25) is 5.91 Å². The second-order valence-electron chi connectivity index (χ2n) is 13.9. The topological polar surface area (TPSA) is 123 Å². The van der Waals surface area contributed by atoms with Crippen molar-refractivity contribution in [2.45, 2.75) is 84.3 Å². The molecule has 1 fully saturated rings. The highest BCUT2D eigenvalue weighted by Crippen LogP contribution is 2.30. The van der Waals surface area contributed by atoms with E-state index in [-0.39, 0.29) is 24.0 Å². The zero-order chi connectivity index (χ0) is 34.0. The van der Waals surface area contributed by atoms with Crippen molar-refractivity contribution in [2.24, 2.45) is 0 Å². The molecular weight excluding hydrogens is 608 g/mol. The molecule has 3 aromatic carbocycles. The first-order valence-corrected chi connectivity index (χ1v) is 16.6. The first kappa shape index (κ1) is 32.9. The molecule has 3 aliphatic rings. The van der Waals surface area contributed by atoms with E-state index in [1.54, 1.807) is 9.80 Å². The summed E-state index contributed by atoms with van der Waals surface area (Å²) in [7, 11) is 0. The number of anilines is 2. The number of para-hydroxylation sites is 1. The number of urea groups is 2. The highest BCUT2D eigenvalue weighted by molar-refractivity contribution is 5.92. The summed E-state index contributed by atoms with van der Waals surface area (Å²) < 4.78 is 5.47. The molecule has 0 aromatic heterocycles. The number of amides is 6. The summed E-state index contributed by atoms with van der Waals surface area (Å²) >= 11 is 0. The Morgan fingerprint density at radius 3 is 2.35 bits per heavy atom. The molecule has 3 aromatic rings. The fourth-order valence-electron chi connectivity index (χ4n) is 6.70. The van der Waals surface area contributed by atoms with Gasteiger partial charge in [0.05, 0.1) is 0 Å². The summed E-state index contributed by atoms with van der Waals surface area (Å²) in [5.74, 6) is -0.166. The van der Waals surface area contributed by atoms with Gasteiger partial charge < -0.3 is 30.1 Å².